The van der Waals surface area contributed by atoms with Gasteiger partial charge in [-0.25, -0.2) is 9.78 Å². The maximum atomic E-state index is 12.1. The molecule has 0 unspecified atom stereocenters. The van der Waals surface area contributed by atoms with Crippen molar-refractivity contribution in [2.24, 2.45) is 0 Å². The van der Waals surface area contributed by atoms with Crippen molar-refractivity contribution >= 4 is 22.7 Å². The lowest BCUT2D eigenvalue weighted by atomic mass is 10.3. The lowest BCUT2D eigenvalue weighted by molar-refractivity contribution is -0.116. The van der Waals surface area contributed by atoms with Gasteiger partial charge in [-0.3, -0.25) is 19.1 Å². The van der Waals surface area contributed by atoms with Crippen LogP contribution in [0.2, 0.25) is 0 Å². The molecule has 8 nitrogen and oxygen atoms in total. The SMILES string of the molecule is O=C(Cn1ccc(=O)[nH]c1=O)Nc1ccc2oc(C3CC3)nc2c1. The van der Waals surface area contributed by atoms with E-state index in [1.165, 1.54) is 12.3 Å². The summed E-state index contributed by atoms with van der Waals surface area (Å²) in [5.74, 6) is 0.783. The number of fused-ring (bicyclic) bond motifs is 1. The standard InChI is InChI=1S/C16H14N4O4/c21-13-5-6-20(16(23)19-13)8-14(22)17-10-3-4-12-11(7-10)18-15(24-12)9-1-2-9/h3-7,9H,1-2,8H2,(H,17,22)(H,19,21,23). The smallest absolute Gasteiger partial charge is 0.328 e. The first-order valence-electron chi connectivity index (χ1n) is 7.58. The van der Waals surface area contributed by atoms with Crippen molar-refractivity contribution in [1.29, 1.82) is 0 Å². The summed E-state index contributed by atoms with van der Waals surface area (Å²) in [4.78, 5) is 41.2. The number of hydrogen-bond donors (Lipinski definition) is 2. The maximum Gasteiger partial charge on any atom is 0.328 e. The molecule has 1 aliphatic rings. The Kier molecular flexibility index (Phi) is 3.30. The third kappa shape index (κ3) is 2.85. The van der Waals surface area contributed by atoms with E-state index in [9.17, 15) is 14.4 Å². The predicted molar refractivity (Wildman–Crippen MR) is 85.9 cm³/mol. The lowest BCUT2D eigenvalue weighted by Crippen LogP contribution is -2.32. The van der Waals surface area contributed by atoms with Crippen LogP contribution in [0.4, 0.5) is 5.69 Å². The van der Waals surface area contributed by atoms with Gasteiger partial charge >= 0.3 is 5.69 Å². The molecular weight excluding hydrogens is 312 g/mol. The molecule has 1 aromatic carbocycles. The molecule has 0 spiro atoms. The molecule has 0 saturated heterocycles. The van der Waals surface area contributed by atoms with Crippen LogP contribution in [0.5, 0.6) is 0 Å². The van der Waals surface area contributed by atoms with E-state index in [0.717, 1.165) is 23.3 Å². The Bertz CT molecular complexity index is 1040. The summed E-state index contributed by atoms with van der Waals surface area (Å²) in [6, 6.07) is 6.40. The van der Waals surface area contributed by atoms with Crippen molar-refractivity contribution < 1.29 is 9.21 Å². The van der Waals surface area contributed by atoms with Gasteiger partial charge < -0.3 is 9.73 Å². The average Bonchev–Trinajstić information content (AvgIpc) is 3.30. The Morgan fingerprint density at radius 2 is 2.17 bits per heavy atom. The largest absolute Gasteiger partial charge is 0.440 e. The number of carbonyl (C=O) groups is 1. The number of carbonyl (C=O) groups excluding carboxylic acids is 1. The maximum absolute atomic E-state index is 12.1. The third-order valence-electron chi connectivity index (χ3n) is 3.83. The van der Waals surface area contributed by atoms with Crippen LogP contribution in [0.15, 0.2) is 44.5 Å². The lowest BCUT2D eigenvalue weighted by Gasteiger charge is -2.06. The van der Waals surface area contributed by atoms with Gasteiger partial charge in [0, 0.05) is 23.9 Å². The Morgan fingerprint density at radius 3 is 2.92 bits per heavy atom. The third-order valence-corrected chi connectivity index (χ3v) is 3.83. The molecule has 4 rings (SSSR count). The molecule has 1 fully saturated rings. The van der Waals surface area contributed by atoms with Crippen molar-refractivity contribution in [2.45, 2.75) is 25.3 Å². The number of H-pyrrole nitrogens is 1. The zero-order chi connectivity index (χ0) is 16.7. The van der Waals surface area contributed by atoms with Crippen molar-refractivity contribution in [1.82, 2.24) is 14.5 Å². The van der Waals surface area contributed by atoms with E-state index >= 15 is 0 Å². The van der Waals surface area contributed by atoms with E-state index in [1.54, 1.807) is 18.2 Å². The first-order valence-corrected chi connectivity index (χ1v) is 7.58. The van der Waals surface area contributed by atoms with E-state index in [2.05, 4.69) is 15.3 Å². The van der Waals surface area contributed by atoms with Crippen LogP contribution >= 0.6 is 0 Å². The number of rotatable bonds is 4. The van der Waals surface area contributed by atoms with Gasteiger partial charge in [-0.2, -0.15) is 0 Å². The number of hydrogen-bond acceptors (Lipinski definition) is 5. The van der Waals surface area contributed by atoms with Crippen molar-refractivity contribution in [2.75, 3.05) is 5.32 Å². The molecule has 2 aromatic heterocycles. The van der Waals surface area contributed by atoms with Crippen LogP contribution in [0, 0.1) is 0 Å². The van der Waals surface area contributed by atoms with Crippen LogP contribution in [-0.4, -0.2) is 20.4 Å². The molecule has 3 aromatic rings. The molecule has 2 heterocycles. The van der Waals surface area contributed by atoms with Crippen molar-refractivity contribution in [3.05, 3.63) is 57.2 Å². The Hall–Kier alpha value is -3.16. The number of oxazole rings is 1. The van der Waals surface area contributed by atoms with Gasteiger partial charge in [0.25, 0.3) is 5.56 Å². The van der Waals surface area contributed by atoms with E-state index in [4.69, 9.17) is 4.42 Å². The molecule has 24 heavy (non-hydrogen) atoms. The minimum atomic E-state index is -0.626. The summed E-state index contributed by atoms with van der Waals surface area (Å²) in [5, 5.41) is 2.71. The average molecular weight is 326 g/mol. The van der Waals surface area contributed by atoms with Gasteiger partial charge in [-0.15, -0.1) is 0 Å². The number of benzene rings is 1. The van der Waals surface area contributed by atoms with Gasteiger partial charge in [-0.05, 0) is 31.0 Å². The Balaban J connectivity index is 1.51. The molecule has 0 bridgehead atoms. The van der Waals surface area contributed by atoms with E-state index in [1.807, 2.05) is 0 Å². The van der Waals surface area contributed by atoms with Crippen LogP contribution < -0.4 is 16.6 Å². The fraction of sp³-hybridized carbons (Fsp3) is 0.250. The Morgan fingerprint density at radius 1 is 1.33 bits per heavy atom. The molecule has 0 aliphatic heterocycles. The number of amides is 1. The van der Waals surface area contributed by atoms with Crippen LogP contribution in [0.3, 0.4) is 0 Å². The molecule has 0 radical (unpaired) electrons. The van der Waals surface area contributed by atoms with Crippen LogP contribution in [-0.2, 0) is 11.3 Å². The highest BCUT2D eigenvalue weighted by molar-refractivity contribution is 5.92. The summed E-state index contributed by atoms with van der Waals surface area (Å²) >= 11 is 0. The van der Waals surface area contributed by atoms with Gasteiger partial charge in [-0.1, -0.05) is 0 Å². The van der Waals surface area contributed by atoms with E-state index in [0.29, 0.717) is 22.7 Å². The monoisotopic (exact) mass is 326 g/mol. The second kappa shape index (κ2) is 5.48. The van der Waals surface area contributed by atoms with Crippen LogP contribution in [0.25, 0.3) is 11.1 Å². The fourth-order valence-electron chi connectivity index (χ4n) is 2.45. The van der Waals surface area contributed by atoms with Gasteiger partial charge in [0.1, 0.15) is 12.1 Å². The topological polar surface area (TPSA) is 110 Å². The second-order valence-electron chi connectivity index (χ2n) is 5.80. The summed E-state index contributed by atoms with van der Waals surface area (Å²) in [5.41, 5.74) is 0.821. The predicted octanol–water partition coefficient (Wildman–Crippen LogP) is 1.19. The number of aromatic nitrogens is 3. The molecule has 1 saturated carbocycles. The zero-order valence-corrected chi connectivity index (χ0v) is 12.6. The molecule has 0 atom stereocenters. The number of nitrogens with zero attached hydrogens (tertiary/aromatic N) is 2. The molecule has 122 valence electrons. The minimum Gasteiger partial charge on any atom is -0.440 e. The number of anilines is 1. The second-order valence-corrected chi connectivity index (χ2v) is 5.80. The fourth-order valence-corrected chi connectivity index (χ4v) is 2.45. The highest BCUT2D eigenvalue weighted by Crippen LogP contribution is 2.40. The molecular formula is C16H14N4O4. The van der Waals surface area contributed by atoms with E-state index < -0.39 is 11.2 Å². The molecule has 8 heteroatoms. The van der Waals surface area contributed by atoms with Gasteiger partial charge in [0.15, 0.2) is 11.5 Å². The number of aromatic amines is 1. The highest BCUT2D eigenvalue weighted by atomic mass is 16.3. The zero-order valence-electron chi connectivity index (χ0n) is 12.6. The van der Waals surface area contributed by atoms with Crippen molar-refractivity contribution in [3.63, 3.8) is 0 Å². The van der Waals surface area contributed by atoms with Gasteiger partial charge in [0.05, 0.1) is 0 Å². The van der Waals surface area contributed by atoms with Crippen molar-refractivity contribution in [3.8, 4) is 0 Å². The number of nitrogens with one attached hydrogen (secondary N) is 2. The highest BCUT2D eigenvalue weighted by Gasteiger charge is 2.28. The first-order chi connectivity index (χ1) is 11.6. The molecule has 1 aliphatic carbocycles. The quantitative estimate of drug-likeness (QED) is 0.748. The van der Waals surface area contributed by atoms with E-state index in [-0.39, 0.29) is 12.5 Å². The van der Waals surface area contributed by atoms with Gasteiger partial charge in [0.2, 0.25) is 5.91 Å². The normalized spacial score (nSPS) is 14.0. The Labute approximate surface area is 135 Å². The molecule has 1 amide bonds. The summed E-state index contributed by atoms with van der Waals surface area (Å²) in [6.07, 6.45) is 3.48. The summed E-state index contributed by atoms with van der Waals surface area (Å²) in [6.45, 7) is -0.195. The van der Waals surface area contributed by atoms with Crippen LogP contribution in [0.1, 0.15) is 24.7 Å². The first kappa shape index (κ1) is 14.4. The molecule has 2 N–H and O–H groups in total. The summed E-state index contributed by atoms with van der Waals surface area (Å²) in [7, 11) is 0. The summed E-state index contributed by atoms with van der Waals surface area (Å²) < 4.78 is 6.79. The minimum absolute atomic E-state index is 0.195.